The first-order chi connectivity index (χ1) is 15.8. The van der Waals surface area contributed by atoms with Crippen LogP contribution in [-0.2, 0) is 19.2 Å². The van der Waals surface area contributed by atoms with Crippen LogP contribution in [0.2, 0.25) is 0 Å². The summed E-state index contributed by atoms with van der Waals surface area (Å²) in [4.78, 5) is 48.6. The second-order valence-electron chi connectivity index (χ2n) is 6.69. The van der Waals surface area contributed by atoms with Gasteiger partial charge in [-0.2, -0.15) is 0 Å². The summed E-state index contributed by atoms with van der Waals surface area (Å²) < 4.78 is 0.711. The Morgan fingerprint density at radius 2 is 2.27 bits per heavy atom. The minimum absolute atomic E-state index is 0.0554. The number of fused-ring (bicyclic) bond motifs is 1. The summed E-state index contributed by atoms with van der Waals surface area (Å²) >= 11 is 5.29. The van der Waals surface area contributed by atoms with Crippen molar-refractivity contribution in [3.63, 3.8) is 0 Å². The Morgan fingerprint density at radius 1 is 1.48 bits per heavy atom. The van der Waals surface area contributed by atoms with E-state index in [4.69, 9.17) is 10.6 Å². The van der Waals surface area contributed by atoms with Crippen LogP contribution in [0, 0.1) is 6.92 Å². The number of oxime groups is 1. The maximum absolute atomic E-state index is 12.9. The van der Waals surface area contributed by atoms with Crippen molar-refractivity contribution >= 4 is 74.8 Å². The van der Waals surface area contributed by atoms with Gasteiger partial charge in [0.05, 0.1) is 0 Å². The molecule has 2 aromatic rings. The summed E-state index contributed by atoms with van der Waals surface area (Å²) in [6.45, 7) is 1.74. The molecule has 1 saturated heterocycles. The lowest BCUT2D eigenvalue weighted by atomic mass is 10.0. The number of thioether (sulfide) groups is 2. The molecule has 0 aromatic carbocycles. The Bertz CT molecular complexity index is 1160. The number of carbonyl (C=O) groups is 3. The van der Waals surface area contributed by atoms with E-state index in [2.05, 4.69) is 25.7 Å². The maximum Gasteiger partial charge on any atom is 0.352 e. The molecule has 2 aliphatic rings. The van der Waals surface area contributed by atoms with Crippen LogP contribution < -0.4 is 11.1 Å². The summed E-state index contributed by atoms with van der Waals surface area (Å²) in [6, 6.07) is -0.910. The maximum atomic E-state index is 12.9. The Labute approximate surface area is 203 Å². The molecule has 4 heterocycles. The van der Waals surface area contributed by atoms with Crippen LogP contribution in [0.5, 0.6) is 0 Å². The highest BCUT2D eigenvalue weighted by atomic mass is 32.2. The van der Waals surface area contributed by atoms with Crippen molar-refractivity contribution in [1.29, 1.82) is 0 Å². The second-order valence-corrected chi connectivity index (χ2v) is 11.1. The highest BCUT2D eigenvalue weighted by Gasteiger charge is 2.54. The SMILES string of the molecule is CON=C(C(=O)NC1C(=O)N2C(C(=O)O)=C(CSc3nncs3)CS[C@H]12)c1nc(N)sc1C. The van der Waals surface area contributed by atoms with E-state index in [1.54, 1.807) is 12.4 Å². The molecule has 4 N–H and O–H groups in total. The highest BCUT2D eigenvalue weighted by molar-refractivity contribution is 8.01. The predicted octanol–water partition coefficient (Wildman–Crippen LogP) is 0.767. The smallest absolute Gasteiger partial charge is 0.352 e. The van der Waals surface area contributed by atoms with E-state index in [9.17, 15) is 19.5 Å². The molecule has 16 heteroatoms. The molecule has 4 rings (SSSR count). The average Bonchev–Trinajstić information content (AvgIpc) is 3.42. The average molecular weight is 528 g/mol. The number of anilines is 1. The highest BCUT2D eigenvalue weighted by Crippen LogP contribution is 2.41. The molecule has 1 fully saturated rings. The van der Waals surface area contributed by atoms with E-state index in [1.807, 2.05) is 0 Å². The molecular weight excluding hydrogens is 510 g/mol. The van der Waals surface area contributed by atoms with Crippen molar-refractivity contribution in [1.82, 2.24) is 25.4 Å². The number of β-lactam (4-membered cyclic amide) rings is 1. The molecule has 2 aliphatic heterocycles. The van der Waals surface area contributed by atoms with Gasteiger partial charge in [0.2, 0.25) is 0 Å². The minimum atomic E-state index is -1.19. The van der Waals surface area contributed by atoms with Gasteiger partial charge in [0.25, 0.3) is 11.8 Å². The number of nitrogens with zero attached hydrogens (tertiary/aromatic N) is 5. The monoisotopic (exact) mass is 527 g/mol. The molecule has 1 unspecified atom stereocenters. The quantitative estimate of drug-likeness (QED) is 0.191. The lowest BCUT2D eigenvalue weighted by molar-refractivity contribution is -0.150. The summed E-state index contributed by atoms with van der Waals surface area (Å²) in [5, 5.41) is 23.6. The molecule has 33 heavy (non-hydrogen) atoms. The molecule has 0 saturated carbocycles. The third-order valence-electron chi connectivity index (χ3n) is 4.68. The van der Waals surface area contributed by atoms with Gasteiger partial charge in [-0.1, -0.05) is 28.3 Å². The number of aryl methyl sites for hydroxylation is 1. The molecule has 2 amide bonds. The summed E-state index contributed by atoms with van der Waals surface area (Å²) in [6.07, 6.45) is 0. The van der Waals surface area contributed by atoms with Crippen LogP contribution in [-0.4, -0.2) is 78.7 Å². The Kier molecular flexibility index (Phi) is 6.87. The van der Waals surface area contributed by atoms with Gasteiger partial charge in [0.15, 0.2) is 15.2 Å². The molecule has 174 valence electrons. The molecule has 0 radical (unpaired) electrons. The number of carboxylic acid groups (broad SMARTS) is 1. The summed E-state index contributed by atoms with van der Waals surface area (Å²) in [7, 11) is 1.29. The lowest BCUT2D eigenvalue weighted by Crippen LogP contribution is -2.71. The molecule has 0 aliphatic carbocycles. The van der Waals surface area contributed by atoms with E-state index < -0.39 is 29.2 Å². The zero-order chi connectivity index (χ0) is 23.7. The van der Waals surface area contributed by atoms with Crippen LogP contribution in [0.3, 0.4) is 0 Å². The largest absolute Gasteiger partial charge is 0.477 e. The second kappa shape index (κ2) is 9.66. The van der Waals surface area contributed by atoms with Gasteiger partial charge in [0, 0.05) is 16.4 Å². The van der Waals surface area contributed by atoms with E-state index in [0.717, 1.165) is 0 Å². The molecular formula is C17H17N7O5S4. The Hall–Kier alpha value is -2.69. The number of thiazole rings is 1. The van der Waals surface area contributed by atoms with Crippen molar-refractivity contribution in [2.45, 2.75) is 22.7 Å². The third-order valence-corrected chi connectivity index (χ3v) is 8.77. The normalized spacial score (nSPS) is 20.4. The zero-order valence-corrected chi connectivity index (χ0v) is 20.4. The summed E-state index contributed by atoms with van der Waals surface area (Å²) in [5.74, 6) is -1.60. The topological polar surface area (TPSA) is 173 Å². The van der Waals surface area contributed by atoms with Crippen molar-refractivity contribution in [2.24, 2.45) is 5.16 Å². The first-order valence-corrected chi connectivity index (χ1v) is 13.0. The number of rotatable bonds is 8. The van der Waals surface area contributed by atoms with Crippen molar-refractivity contribution < 1.29 is 24.3 Å². The number of hydrogen-bond donors (Lipinski definition) is 3. The zero-order valence-electron chi connectivity index (χ0n) is 17.2. The number of aromatic nitrogens is 3. The van der Waals surface area contributed by atoms with E-state index in [-0.39, 0.29) is 22.2 Å². The molecule has 2 aromatic heterocycles. The van der Waals surface area contributed by atoms with Gasteiger partial charge in [-0.15, -0.1) is 33.3 Å². The number of aliphatic carboxylic acids is 1. The Morgan fingerprint density at radius 3 is 2.88 bits per heavy atom. The van der Waals surface area contributed by atoms with Crippen molar-refractivity contribution in [3.05, 3.63) is 27.4 Å². The van der Waals surface area contributed by atoms with Gasteiger partial charge in [-0.25, -0.2) is 9.78 Å². The number of hydrogen-bond acceptors (Lipinski definition) is 13. The van der Waals surface area contributed by atoms with Crippen molar-refractivity contribution in [2.75, 3.05) is 24.3 Å². The number of amides is 2. The van der Waals surface area contributed by atoms with E-state index >= 15 is 0 Å². The van der Waals surface area contributed by atoms with Crippen LogP contribution in [0.1, 0.15) is 10.6 Å². The fraction of sp³-hybridized carbons (Fsp3) is 0.353. The fourth-order valence-electron chi connectivity index (χ4n) is 3.30. The molecule has 0 bridgehead atoms. The Balaban J connectivity index is 1.51. The third kappa shape index (κ3) is 4.55. The number of nitrogens with two attached hydrogens (primary N) is 1. The first-order valence-electron chi connectivity index (χ1n) is 9.26. The standard InChI is InChI=1S/C17H17N7O5S4/c1-6-8(21-16(18)33-6)9(23-29-2)12(25)20-10-13(26)24-11(15(27)28)7(3-30-14(10)24)4-31-17-22-19-5-32-17/h5,10,14H,3-4H2,1-2H3,(H2,18,21)(H,20,25)(H,27,28)/t10?,14-/m1/s1. The van der Waals surface area contributed by atoms with Gasteiger partial charge in [0.1, 0.15) is 35.4 Å². The number of carboxylic acids is 1. The molecule has 0 spiro atoms. The van der Waals surface area contributed by atoms with Crippen LogP contribution in [0.25, 0.3) is 0 Å². The summed E-state index contributed by atoms with van der Waals surface area (Å²) in [5.41, 5.74) is 8.02. The number of carbonyl (C=O) groups excluding carboxylic acids is 2. The van der Waals surface area contributed by atoms with Gasteiger partial charge in [-0.05, 0) is 12.5 Å². The lowest BCUT2D eigenvalue weighted by Gasteiger charge is -2.49. The van der Waals surface area contributed by atoms with Crippen LogP contribution >= 0.6 is 46.2 Å². The minimum Gasteiger partial charge on any atom is -0.477 e. The van der Waals surface area contributed by atoms with E-state index in [1.165, 1.54) is 58.2 Å². The van der Waals surface area contributed by atoms with Crippen molar-refractivity contribution in [3.8, 4) is 0 Å². The molecule has 2 atom stereocenters. The fourth-order valence-corrected chi connectivity index (χ4v) is 6.96. The van der Waals surface area contributed by atoms with Gasteiger partial charge < -0.3 is 21.0 Å². The van der Waals surface area contributed by atoms with Crippen LogP contribution in [0.15, 0.2) is 26.3 Å². The first kappa shape index (κ1) is 23.5. The molecule has 12 nitrogen and oxygen atoms in total. The number of nitrogens with one attached hydrogen (secondary N) is 1. The van der Waals surface area contributed by atoms with Gasteiger partial charge >= 0.3 is 5.97 Å². The van der Waals surface area contributed by atoms with E-state index in [0.29, 0.717) is 26.3 Å². The number of nitrogen functional groups attached to an aromatic ring is 1. The predicted molar refractivity (Wildman–Crippen MR) is 125 cm³/mol. The van der Waals surface area contributed by atoms with Gasteiger partial charge in [-0.3, -0.25) is 14.5 Å². The van der Waals surface area contributed by atoms with Crippen LogP contribution in [0.4, 0.5) is 5.13 Å².